The zero-order valence-corrected chi connectivity index (χ0v) is 14.3. The predicted octanol–water partition coefficient (Wildman–Crippen LogP) is 2.58. The Kier molecular flexibility index (Phi) is 5.23. The van der Waals surface area contributed by atoms with Gasteiger partial charge in [-0.1, -0.05) is 20.8 Å². The molecule has 0 saturated heterocycles. The number of ether oxygens (including phenoxy) is 1. The van der Waals surface area contributed by atoms with E-state index in [0.29, 0.717) is 17.9 Å². The number of hydrazone groups is 1. The molecule has 0 aliphatic carbocycles. The SMILES string of the molecule is CCOc1cc(C=NNC(=O)c2cc(C(C)(C)C)[nH]n2)ccc1O. The lowest BCUT2D eigenvalue weighted by molar-refractivity contribution is 0.0950. The summed E-state index contributed by atoms with van der Waals surface area (Å²) < 4.78 is 5.30. The Balaban J connectivity index is 2.02. The first-order valence-corrected chi connectivity index (χ1v) is 7.66. The number of carbonyl (C=O) groups is 1. The van der Waals surface area contributed by atoms with Gasteiger partial charge in [0.25, 0.3) is 5.91 Å². The molecule has 1 amide bonds. The summed E-state index contributed by atoms with van der Waals surface area (Å²) in [5.74, 6) is 0.0287. The van der Waals surface area contributed by atoms with Crippen LogP contribution in [0.25, 0.3) is 0 Å². The number of aromatic hydroxyl groups is 1. The smallest absolute Gasteiger partial charge is 0.291 e. The Labute approximate surface area is 140 Å². The van der Waals surface area contributed by atoms with Crippen LogP contribution in [0.1, 0.15) is 49.4 Å². The van der Waals surface area contributed by atoms with Crippen molar-refractivity contribution in [3.05, 3.63) is 41.2 Å². The van der Waals surface area contributed by atoms with Gasteiger partial charge in [-0.05, 0) is 36.8 Å². The van der Waals surface area contributed by atoms with Gasteiger partial charge in [0.2, 0.25) is 0 Å². The van der Waals surface area contributed by atoms with Crippen LogP contribution in [0.15, 0.2) is 29.4 Å². The third kappa shape index (κ3) is 4.34. The van der Waals surface area contributed by atoms with E-state index in [1.54, 1.807) is 18.2 Å². The van der Waals surface area contributed by atoms with Crippen LogP contribution in [0.3, 0.4) is 0 Å². The number of hydrogen-bond donors (Lipinski definition) is 3. The number of aromatic amines is 1. The highest BCUT2D eigenvalue weighted by molar-refractivity contribution is 5.93. The average Bonchev–Trinajstić information content (AvgIpc) is 3.01. The van der Waals surface area contributed by atoms with Gasteiger partial charge in [0, 0.05) is 11.1 Å². The molecule has 128 valence electrons. The number of amides is 1. The molecule has 2 rings (SSSR count). The van der Waals surface area contributed by atoms with Crippen molar-refractivity contribution in [2.45, 2.75) is 33.1 Å². The van der Waals surface area contributed by atoms with E-state index in [0.717, 1.165) is 5.69 Å². The first-order chi connectivity index (χ1) is 11.3. The number of aromatic nitrogens is 2. The number of phenolic OH excluding ortho intramolecular Hbond substituents is 1. The minimum absolute atomic E-state index is 0.0595. The summed E-state index contributed by atoms with van der Waals surface area (Å²) in [4.78, 5) is 12.0. The van der Waals surface area contributed by atoms with Gasteiger partial charge in [-0.15, -0.1) is 0 Å². The molecule has 0 unspecified atom stereocenters. The van der Waals surface area contributed by atoms with E-state index in [4.69, 9.17) is 4.74 Å². The number of phenols is 1. The molecule has 2 aromatic rings. The largest absolute Gasteiger partial charge is 0.504 e. The maximum atomic E-state index is 12.0. The number of hydrogen-bond acceptors (Lipinski definition) is 5. The Bertz CT molecular complexity index is 745. The van der Waals surface area contributed by atoms with Crippen molar-refractivity contribution in [2.24, 2.45) is 5.10 Å². The first-order valence-electron chi connectivity index (χ1n) is 7.66. The summed E-state index contributed by atoms with van der Waals surface area (Å²) in [6.07, 6.45) is 1.47. The fraction of sp³-hybridized carbons (Fsp3) is 0.353. The lowest BCUT2D eigenvalue weighted by Crippen LogP contribution is -2.18. The van der Waals surface area contributed by atoms with Crippen LogP contribution in [-0.2, 0) is 5.41 Å². The van der Waals surface area contributed by atoms with Crippen LogP contribution in [0, 0.1) is 0 Å². The normalized spacial score (nSPS) is 11.7. The molecule has 24 heavy (non-hydrogen) atoms. The number of H-pyrrole nitrogens is 1. The first kappa shape index (κ1) is 17.5. The van der Waals surface area contributed by atoms with Crippen molar-refractivity contribution in [2.75, 3.05) is 6.61 Å². The van der Waals surface area contributed by atoms with Crippen molar-refractivity contribution < 1.29 is 14.6 Å². The van der Waals surface area contributed by atoms with Gasteiger partial charge in [0.15, 0.2) is 17.2 Å². The van der Waals surface area contributed by atoms with Gasteiger partial charge in [-0.25, -0.2) is 5.43 Å². The molecule has 0 atom stereocenters. The highest BCUT2D eigenvalue weighted by Gasteiger charge is 2.19. The molecular formula is C17H22N4O3. The summed E-state index contributed by atoms with van der Waals surface area (Å²) in [7, 11) is 0. The average molecular weight is 330 g/mol. The molecule has 3 N–H and O–H groups in total. The van der Waals surface area contributed by atoms with E-state index in [2.05, 4.69) is 20.7 Å². The van der Waals surface area contributed by atoms with Gasteiger partial charge in [0.1, 0.15) is 0 Å². The fourth-order valence-corrected chi connectivity index (χ4v) is 1.93. The van der Waals surface area contributed by atoms with Gasteiger partial charge in [-0.3, -0.25) is 9.89 Å². The van der Waals surface area contributed by atoms with E-state index in [1.807, 2.05) is 27.7 Å². The van der Waals surface area contributed by atoms with Crippen LogP contribution in [0.5, 0.6) is 11.5 Å². The third-order valence-electron chi connectivity index (χ3n) is 3.28. The van der Waals surface area contributed by atoms with Crippen molar-refractivity contribution in [1.29, 1.82) is 0 Å². The highest BCUT2D eigenvalue weighted by atomic mass is 16.5. The third-order valence-corrected chi connectivity index (χ3v) is 3.28. The molecule has 1 aromatic carbocycles. The second-order valence-corrected chi connectivity index (χ2v) is 6.28. The Morgan fingerprint density at radius 3 is 2.79 bits per heavy atom. The van der Waals surface area contributed by atoms with Gasteiger partial charge in [-0.2, -0.15) is 10.2 Å². The van der Waals surface area contributed by atoms with Gasteiger partial charge < -0.3 is 9.84 Å². The number of rotatable bonds is 5. The minimum Gasteiger partial charge on any atom is -0.504 e. The topological polar surface area (TPSA) is 99.6 Å². The Morgan fingerprint density at radius 2 is 2.17 bits per heavy atom. The molecular weight excluding hydrogens is 308 g/mol. The summed E-state index contributed by atoms with van der Waals surface area (Å²) in [6.45, 7) is 8.36. The van der Waals surface area contributed by atoms with Crippen LogP contribution < -0.4 is 10.2 Å². The molecule has 0 fully saturated rings. The molecule has 0 spiro atoms. The highest BCUT2D eigenvalue weighted by Crippen LogP contribution is 2.26. The fourth-order valence-electron chi connectivity index (χ4n) is 1.93. The van der Waals surface area contributed by atoms with Crippen LogP contribution in [-0.4, -0.2) is 34.0 Å². The van der Waals surface area contributed by atoms with Crippen molar-refractivity contribution in [1.82, 2.24) is 15.6 Å². The zero-order chi connectivity index (χ0) is 17.7. The monoisotopic (exact) mass is 330 g/mol. The Morgan fingerprint density at radius 1 is 1.42 bits per heavy atom. The number of nitrogens with one attached hydrogen (secondary N) is 2. The van der Waals surface area contributed by atoms with Gasteiger partial charge in [0.05, 0.1) is 12.8 Å². The maximum absolute atomic E-state index is 12.0. The lowest BCUT2D eigenvalue weighted by Gasteiger charge is -2.14. The van der Waals surface area contributed by atoms with Crippen LogP contribution in [0.2, 0.25) is 0 Å². The summed E-state index contributed by atoms with van der Waals surface area (Å²) in [5.41, 5.74) is 4.14. The summed E-state index contributed by atoms with van der Waals surface area (Å²) >= 11 is 0. The molecule has 7 heteroatoms. The molecule has 0 radical (unpaired) electrons. The summed E-state index contributed by atoms with van der Waals surface area (Å²) in [6, 6.07) is 6.52. The maximum Gasteiger partial charge on any atom is 0.291 e. The number of carbonyl (C=O) groups excluding carboxylic acids is 1. The van der Waals surface area contributed by atoms with E-state index in [1.165, 1.54) is 12.3 Å². The molecule has 1 aromatic heterocycles. The van der Waals surface area contributed by atoms with Crippen LogP contribution >= 0.6 is 0 Å². The molecule has 0 aliphatic rings. The second kappa shape index (κ2) is 7.16. The van der Waals surface area contributed by atoms with Crippen molar-refractivity contribution in [3.63, 3.8) is 0 Å². The standard InChI is InChI=1S/C17H22N4O3/c1-5-24-14-8-11(6-7-13(14)22)10-18-21-16(23)12-9-15(20-19-12)17(2,3)4/h6-10,22H,5H2,1-4H3,(H,19,20)(H,21,23). The molecule has 0 aliphatic heterocycles. The molecule has 1 heterocycles. The minimum atomic E-state index is -0.401. The number of benzene rings is 1. The quantitative estimate of drug-likeness (QED) is 0.579. The second-order valence-electron chi connectivity index (χ2n) is 6.28. The van der Waals surface area contributed by atoms with E-state index < -0.39 is 5.91 Å². The predicted molar refractivity (Wildman–Crippen MR) is 91.6 cm³/mol. The van der Waals surface area contributed by atoms with E-state index in [-0.39, 0.29) is 16.9 Å². The molecule has 0 bridgehead atoms. The number of nitrogens with zero attached hydrogens (tertiary/aromatic N) is 2. The van der Waals surface area contributed by atoms with Gasteiger partial charge >= 0.3 is 0 Å². The van der Waals surface area contributed by atoms with E-state index >= 15 is 0 Å². The van der Waals surface area contributed by atoms with E-state index in [9.17, 15) is 9.90 Å². The Hall–Kier alpha value is -2.83. The molecule has 7 nitrogen and oxygen atoms in total. The van der Waals surface area contributed by atoms with Crippen LogP contribution in [0.4, 0.5) is 0 Å². The molecule has 0 saturated carbocycles. The lowest BCUT2D eigenvalue weighted by atomic mass is 9.92. The van der Waals surface area contributed by atoms with Crippen molar-refractivity contribution >= 4 is 12.1 Å². The summed E-state index contributed by atoms with van der Waals surface area (Å²) in [5, 5.41) is 20.4. The van der Waals surface area contributed by atoms with Crippen molar-refractivity contribution in [3.8, 4) is 11.5 Å². The zero-order valence-electron chi connectivity index (χ0n) is 14.3.